The minimum absolute atomic E-state index is 0.0592. The third-order valence-electron chi connectivity index (χ3n) is 7.60. The van der Waals surface area contributed by atoms with Gasteiger partial charge in [-0.2, -0.15) is 8.42 Å². The molecule has 46 heavy (non-hydrogen) atoms. The molecule has 0 spiro atoms. The number of fused-ring (bicyclic) bond motifs is 1. The van der Waals surface area contributed by atoms with Crippen LogP contribution in [-0.4, -0.2) is 48.3 Å². The number of esters is 1. The maximum atomic E-state index is 14.1. The molecule has 4 aromatic rings. The maximum Gasteiger partial charge on any atom is 0.359 e. The molecule has 2 aliphatic rings. The van der Waals surface area contributed by atoms with Crippen LogP contribution in [0.4, 0.5) is 0 Å². The third-order valence-corrected chi connectivity index (χ3v) is 10.1. The summed E-state index contributed by atoms with van der Waals surface area (Å²) < 4.78 is 38.3. The maximum absolute atomic E-state index is 14.1. The van der Waals surface area contributed by atoms with Gasteiger partial charge in [0.15, 0.2) is 17.6 Å². The Morgan fingerprint density at radius 1 is 0.870 bits per heavy atom. The summed E-state index contributed by atoms with van der Waals surface area (Å²) in [5.41, 5.74) is 2.70. The highest BCUT2D eigenvalue weighted by Crippen LogP contribution is 2.42. The van der Waals surface area contributed by atoms with Gasteiger partial charge in [-0.25, -0.2) is 4.79 Å². The molecule has 6 rings (SSSR count). The van der Waals surface area contributed by atoms with Crippen LogP contribution in [0.5, 0.6) is 0 Å². The molecular weight excluding hydrogens is 625 g/mol. The van der Waals surface area contributed by atoms with Crippen molar-refractivity contribution in [3.8, 4) is 0 Å². The lowest BCUT2D eigenvalue weighted by Crippen LogP contribution is -2.70. The predicted molar refractivity (Wildman–Crippen MR) is 172 cm³/mol. The molecule has 234 valence electrons. The van der Waals surface area contributed by atoms with Gasteiger partial charge in [-0.1, -0.05) is 109 Å². The number of carbonyl (C=O) groups is 3. The predicted octanol–water partition coefficient (Wildman–Crippen LogP) is 4.89. The second kappa shape index (κ2) is 13.2. The zero-order valence-corrected chi connectivity index (χ0v) is 26.4. The van der Waals surface area contributed by atoms with Crippen LogP contribution < -0.4 is 5.32 Å². The number of β-lactam (4-membered cyclic amide) rings is 1. The molecule has 11 heteroatoms. The van der Waals surface area contributed by atoms with Crippen LogP contribution in [0.15, 0.2) is 132 Å². The first-order valence-electron chi connectivity index (χ1n) is 14.5. The number of nitrogens with zero attached hydrogens (tertiary/aromatic N) is 1. The molecule has 2 heterocycles. The molecule has 1 fully saturated rings. The number of carbonyl (C=O) groups excluding carboxylic acids is 3. The number of thioether (sulfide) groups is 1. The second-order valence-electron chi connectivity index (χ2n) is 10.8. The van der Waals surface area contributed by atoms with Crippen molar-refractivity contribution in [1.29, 1.82) is 0 Å². The quantitative estimate of drug-likeness (QED) is 0.146. The van der Waals surface area contributed by atoms with Crippen LogP contribution in [-0.2, 0) is 39.8 Å². The lowest BCUT2D eigenvalue weighted by molar-refractivity contribution is -0.155. The number of hydrogen-bond donors (Lipinski definition) is 1. The minimum atomic E-state index is -4.36. The Kier molecular flexibility index (Phi) is 8.96. The number of nitrogens with one attached hydrogen (secondary N) is 1. The van der Waals surface area contributed by atoms with E-state index < -0.39 is 39.5 Å². The monoisotopic (exact) mass is 654 g/mol. The molecule has 4 aromatic carbocycles. The zero-order chi connectivity index (χ0) is 32.3. The highest BCUT2D eigenvalue weighted by atomic mass is 32.2. The second-order valence-corrected chi connectivity index (χ2v) is 13.5. The molecule has 0 saturated carbocycles. The van der Waals surface area contributed by atoms with E-state index in [9.17, 15) is 22.8 Å². The van der Waals surface area contributed by atoms with E-state index in [1.54, 1.807) is 12.1 Å². The number of rotatable bonds is 10. The van der Waals surface area contributed by atoms with E-state index in [1.165, 1.54) is 23.9 Å². The van der Waals surface area contributed by atoms with Crippen LogP contribution >= 0.6 is 11.8 Å². The normalized spacial score (nSPS) is 17.6. The van der Waals surface area contributed by atoms with E-state index in [4.69, 9.17) is 8.92 Å². The van der Waals surface area contributed by atoms with Gasteiger partial charge in [0, 0.05) is 0 Å². The molecule has 0 aromatic heterocycles. The van der Waals surface area contributed by atoms with Gasteiger partial charge in [-0.3, -0.25) is 14.5 Å². The molecule has 0 unspecified atom stereocenters. The molecule has 2 amide bonds. The smallest absolute Gasteiger partial charge is 0.359 e. The van der Waals surface area contributed by atoms with Crippen molar-refractivity contribution >= 4 is 39.7 Å². The van der Waals surface area contributed by atoms with E-state index in [0.29, 0.717) is 11.1 Å². The zero-order valence-electron chi connectivity index (χ0n) is 24.7. The van der Waals surface area contributed by atoms with Crippen LogP contribution in [0.2, 0.25) is 0 Å². The highest BCUT2D eigenvalue weighted by Gasteiger charge is 2.55. The largest absolute Gasteiger partial charge is 0.448 e. The van der Waals surface area contributed by atoms with Gasteiger partial charge in [0.05, 0.1) is 12.2 Å². The molecule has 0 bridgehead atoms. The van der Waals surface area contributed by atoms with E-state index in [-0.39, 0.29) is 34.4 Å². The van der Waals surface area contributed by atoms with Crippen LogP contribution in [0.1, 0.15) is 28.4 Å². The molecular formula is C35H30N2O7S2. The Labute approximate surface area is 271 Å². The van der Waals surface area contributed by atoms with E-state index in [0.717, 1.165) is 16.0 Å². The molecule has 0 aliphatic carbocycles. The van der Waals surface area contributed by atoms with Crippen LogP contribution in [0.3, 0.4) is 0 Å². The summed E-state index contributed by atoms with van der Waals surface area (Å²) in [5, 5.41) is 2.10. The minimum Gasteiger partial charge on any atom is -0.448 e. The molecule has 1 saturated heterocycles. The first-order chi connectivity index (χ1) is 22.2. The van der Waals surface area contributed by atoms with Crippen LogP contribution in [0, 0.1) is 6.92 Å². The highest BCUT2D eigenvalue weighted by molar-refractivity contribution is 8.00. The van der Waals surface area contributed by atoms with Crippen molar-refractivity contribution in [1.82, 2.24) is 10.2 Å². The number of amides is 2. The molecule has 1 N–H and O–H groups in total. The van der Waals surface area contributed by atoms with E-state index in [1.807, 2.05) is 97.9 Å². The summed E-state index contributed by atoms with van der Waals surface area (Å²) in [7, 11) is -4.36. The molecule has 9 nitrogen and oxygen atoms in total. The fraction of sp³-hybridized carbons (Fsp3) is 0.171. The first kappa shape index (κ1) is 31.1. The SMILES string of the molecule is Cc1ccc(S(=O)(=O)OC2=C(C(=O)OC(c3ccccc3)c3ccccc3)N3C(=O)[C@@H](NC(=O)Cc4ccccc4)[C@@H]3SC2)cc1. The fourth-order valence-corrected chi connectivity index (χ4v) is 7.58. The van der Waals surface area contributed by atoms with E-state index >= 15 is 0 Å². The van der Waals surface area contributed by atoms with Crippen molar-refractivity contribution in [2.75, 3.05) is 5.75 Å². The average Bonchev–Trinajstić information content (AvgIpc) is 3.07. The van der Waals surface area contributed by atoms with Gasteiger partial charge in [0.25, 0.3) is 5.91 Å². The number of ether oxygens (including phenoxy) is 1. The van der Waals surface area contributed by atoms with Gasteiger partial charge >= 0.3 is 16.1 Å². The Bertz CT molecular complexity index is 1840. The summed E-state index contributed by atoms with van der Waals surface area (Å²) in [4.78, 5) is 41.6. The summed E-state index contributed by atoms with van der Waals surface area (Å²) >= 11 is 1.19. The van der Waals surface area contributed by atoms with Gasteiger partial charge in [0.1, 0.15) is 16.3 Å². The number of hydrogen-bond acceptors (Lipinski definition) is 8. The van der Waals surface area contributed by atoms with Crippen LogP contribution in [0.25, 0.3) is 0 Å². The van der Waals surface area contributed by atoms with Crippen molar-refractivity contribution in [3.05, 3.63) is 149 Å². The summed E-state index contributed by atoms with van der Waals surface area (Å²) in [5.74, 6) is -2.14. The topological polar surface area (TPSA) is 119 Å². The van der Waals surface area contributed by atoms with Gasteiger partial charge < -0.3 is 14.2 Å². The Balaban J connectivity index is 1.32. The fourth-order valence-electron chi connectivity index (χ4n) is 5.28. The lowest BCUT2D eigenvalue weighted by Gasteiger charge is -2.49. The standard InChI is InChI=1S/C35H30N2O7S2/c1-23-17-19-27(20-18-23)46(41,42)44-28-22-45-34-30(36-29(38)21-24-11-5-2-6-12-24)33(39)37(34)31(28)35(40)43-32(25-13-7-3-8-14-25)26-15-9-4-10-16-26/h2-20,30,32,34H,21-22H2,1H3,(H,36,38)/t30-,34+/m1/s1. The number of benzene rings is 4. The summed E-state index contributed by atoms with van der Waals surface area (Å²) in [6, 6.07) is 32.5. The first-order valence-corrected chi connectivity index (χ1v) is 17.0. The number of aryl methyl sites for hydroxylation is 1. The average molecular weight is 655 g/mol. The van der Waals surface area contributed by atoms with Crippen molar-refractivity contribution in [2.24, 2.45) is 0 Å². The van der Waals surface area contributed by atoms with Crippen molar-refractivity contribution in [3.63, 3.8) is 0 Å². The Morgan fingerprint density at radius 2 is 1.43 bits per heavy atom. The summed E-state index contributed by atoms with van der Waals surface area (Å²) in [6.07, 6.45) is -0.783. The van der Waals surface area contributed by atoms with E-state index in [2.05, 4.69) is 5.32 Å². The van der Waals surface area contributed by atoms with Gasteiger partial charge in [0.2, 0.25) is 5.91 Å². The third kappa shape index (κ3) is 6.56. The van der Waals surface area contributed by atoms with Gasteiger partial charge in [-0.05, 0) is 35.7 Å². The van der Waals surface area contributed by atoms with Gasteiger partial charge in [-0.15, -0.1) is 11.8 Å². The van der Waals surface area contributed by atoms with Crippen molar-refractivity contribution < 1.29 is 31.7 Å². The lowest BCUT2D eigenvalue weighted by atomic mass is 10.0. The molecule has 2 aliphatic heterocycles. The molecule has 2 atom stereocenters. The Hall–Kier alpha value is -4.87. The Morgan fingerprint density at radius 3 is 2.02 bits per heavy atom. The molecule has 0 radical (unpaired) electrons. The van der Waals surface area contributed by atoms with Crippen molar-refractivity contribution in [2.45, 2.75) is 35.8 Å². The summed E-state index contributed by atoms with van der Waals surface area (Å²) in [6.45, 7) is 1.83.